The van der Waals surface area contributed by atoms with E-state index < -0.39 is 12.0 Å². The van der Waals surface area contributed by atoms with Crippen molar-refractivity contribution in [2.45, 2.75) is 6.04 Å². The Morgan fingerprint density at radius 2 is 2.07 bits per heavy atom. The summed E-state index contributed by atoms with van der Waals surface area (Å²) < 4.78 is 10.1. The number of carboxylic acids is 1. The molecule has 0 saturated carbocycles. The molecular weight excluding hydrogens is 201 g/mol. The molecule has 14 heavy (non-hydrogen) atoms. The van der Waals surface area contributed by atoms with Crippen molar-refractivity contribution in [2.75, 3.05) is 0 Å². The van der Waals surface area contributed by atoms with E-state index in [4.69, 9.17) is 5.11 Å². The van der Waals surface area contributed by atoms with Crippen LogP contribution in [-0.4, -0.2) is 11.1 Å². The zero-order valence-electron chi connectivity index (χ0n) is 7.18. The SMILES string of the molecule is O=P#CNC(C(=O)O)c1ccccc1. The van der Waals surface area contributed by atoms with Crippen molar-refractivity contribution < 1.29 is 14.5 Å². The summed E-state index contributed by atoms with van der Waals surface area (Å²) in [5.74, 6) is 1.18. The number of rotatable bonds is 3. The third kappa shape index (κ3) is 2.86. The molecule has 0 bridgehead atoms. The maximum absolute atomic E-state index is 10.8. The second-order valence-corrected chi connectivity index (χ2v) is 2.94. The predicted octanol–water partition coefficient (Wildman–Crippen LogP) is 1.61. The van der Waals surface area contributed by atoms with Gasteiger partial charge in [0.25, 0.3) is 0 Å². The van der Waals surface area contributed by atoms with E-state index in [-0.39, 0.29) is 7.92 Å². The minimum atomic E-state index is -1.03. The summed E-state index contributed by atoms with van der Waals surface area (Å²) in [6.45, 7) is 0. The molecule has 0 radical (unpaired) electrons. The molecule has 5 heteroatoms. The van der Waals surface area contributed by atoms with E-state index >= 15 is 0 Å². The van der Waals surface area contributed by atoms with E-state index in [2.05, 4.69) is 11.1 Å². The van der Waals surface area contributed by atoms with Crippen LogP contribution in [0.4, 0.5) is 0 Å². The Balaban J connectivity index is 2.92. The quantitative estimate of drug-likeness (QED) is 0.586. The number of aliphatic carboxylic acids is 1. The minimum absolute atomic E-state index is 0.359. The van der Waals surface area contributed by atoms with Crippen molar-refractivity contribution in [2.24, 2.45) is 0 Å². The first-order valence-electron chi connectivity index (χ1n) is 3.86. The summed E-state index contributed by atoms with van der Waals surface area (Å²) in [6, 6.07) is 7.72. The van der Waals surface area contributed by atoms with Gasteiger partial charge in [0.2, 0.25) is 0 Å². The fraction of sp³-hybridized carbons (Fsp3) is 0.111. The van der Waals surface area contributed by atoms with Gasteiger partial charge in [-0.2, -0.15) is 0 Å². The predicted molar refractivity (Wildman–Crippen MR) is 51.4 cm³/mol. The maximum atomic E-state index is 10.8. The summed E-state index contributed by atoms with van der Waals surface area (Å²) in [5.41, 5.74) is 0.594. The molecule has 1 unspecified atom stereocenters. The Labute approximate surface area is 82.1 Å². The number of hydrogen-bond acceptors (Lipinski definition) is 3. The van der Waals surface area contributed by atoms with E-state index in [0.717, 1.165) is 0 Å². The van der Waals surface area contributed by atoms with Gasteiger partial charge in [-0.25, -0.2) is 0 Å². The van der Waals surface area contributed by atoms with Crippen LogP contribution in [-0.2, 0) is 9.36 Å². The molecule has 0 aliphatic rings. The van der Waals surface area contributed by atoms with Gasteiger partial charge in [0.1, 0.15) is 0 Å². The van der Waals surface area contributed by atoms with Crippen LogP contribution in [0.3, 0.4) is 0 Å². The second-order valence-electron chi connectivity index (χ2n) is 2.53. The topological polar surface area (TPSA) is 66.4 Å². The molecule has 72 valence electrons. The van der Waals surface area contributed by atoms with Crippen LogP contribution in [0, 0.1) is 5.75 Å². The molecule has 4 nitrogen and oxygen atoms in total. The third-order valence-corrected chi connectivity index (χ3v) is 1.85. The number of carboxylic acid groups (broad SMARTS) is 1. The average Bonchev–Trinajstić information content (AvgIpc) is 2.19. The Morgan fingerprint density at radius 3 is 2.57 bits per heavy atom. The third-order valence-electron chi connectivity index (χ3n) is 1.63. The van der Waals surface area contributed by atoms with E-state index in [1.807, 2.05) is 0 Å². The first-order chi connectivity index (χ1) is 6.75. The standard InChI is InChI=1S/C9H8NO3P/c11-9(12)8(10-6-14-13)7-4-2-1-3-5-7/h1-5,8,10H,(H,11,12). The molecule has 1 rings (SSSR count). The summed E-state index contributed by atoms with van der Waals surface area (Å²) in [7, 11) is -0.359. The normalized spacial score (nSPS) is 11.4. The molecule has 0 aliphatic heterocycles. The Bertz CT molecular complexity index is 412. The van der Waals surface area contributed by atoms with Gasteiger partial charge in [0.15, 0.2) is 0 Å². The molecular formula is C9H8NO3P. The van der Waals surface area contributed by atoms with Crippen LogP contribution >= 0.6 is 7.92 Å². The van der Waals surface area contributed by atoms with Gasteiger partial charge in [0.05, 0.1) is 0 Å². The monoisotopic (exact) mass is 209 g/mol. The van der Waals surface area contributed by atoms with Gasteiger partial charge in [-0.15, -0.1) is 0 Å². The van der Waals surface area contributed by atoms with Crippen LogP contribution in [0.15, 0.2) is 30.3 Å². The molecule has 0 fully saturated rings. The van der Waals surface area contributed by atoms with Crippen molar-refractivity contribution in [3.63, 3.8) is 0 Å². The number of carbonyl (C=O) groups is 1. The second kappa shape index (κ2) is 5.40. The summed E-state index contributed by atoms with van der Waals surface area (Å²) in [6.07, 6.45) is 0. The number of hydrogen-bond donors (Lipinski definition) is 2. The zero-order chi connectivity index (χ0) is 10.4. The van der Waals surface area contributed by atoms with E-state index in [9.17, 15) is 9.36 Å². The van der Waals surface area contributed by atoms with Crippen LogP contribution in [0.25, 0.3) is 0 Å². The molecule has 0 spiro atoms. The van der Waals surface area contributed by atoms with Crippen LogP contribution in [0.2, 0.25) is 0 Å². The molecule has 1 aromatic rings. The van der Waals surface area contributed by atoms with E-state index in [0.29, 0.717) is 5.56 Å². The van der Waals surface area contributed by atoms with E-state index in [1.54, 1.807) is 30.3 Å². The van der Waals surface area contributed by atoms with Gasteiger partial charge < -0.3 is 0 Å². The van der Waals surface area contributed by atoms with E-state index in [1.165, 1.54) is 0 Å². The molecule has 1 aromatic carbocycles. The molecule has 0 saturated heterocycles. The van der Waals surface area contributed by atoms with Crippen molar-refractivity contribution >= 4 is 13.9 Å². The van der Waals surface area contributed by atoms with Crippen LogP contribution in [0.5, 0.6) is 0 Å². The van der Waals surface area contributed by atoms with Crippen LogP contribution < -0.4 is 5.32 Å². The zero-order valence-corrected chi connectivity index (χ0v) is 8.07. The molecule has 2 N–H and O–H groups in total. The Morgan fingerprint density at radius 1 is 1.43 bits per heavy atom. The fourth-order valence-electron chi connectivity index (χ4n) is 1.02. The van der Waals surface area contributed by atoms with Crippen molar-refractivity contribution in [3.8, 4) is 5.75 Å². The van der Waals surface area contributed by atoms with Gasteiger partial charge in [-0.3, -0.25) is 0 Å². The summed E-state index contributed by atoms with van der Waals surface area (Å²) in [4.78, 5) is 10.8. The molecule has 1 atom stereocenters. The number of benzene rings is 1. The number of nitrogens with one attached hydrogen (secondary N) is 1. The van der Waals surface area contributed by atoms with Crippen molar-refractivity contribution in [1.29, 1.82) is 0 Å². The first kappa shape index (κ1) is 10.7. The van der Waals surface area contributed by atoms with Gasteiger partial charge in [-0.05, 0) is 0 Å². The molecule has 0 heterocycles. The van der Waals surface area contributed by atoms with Crippen molar-refractivity contribution in [1.82, 2.24) is 5.32 Å². The average molecular weight is 209 g/mol. The van der Waals surface area contributed by atoms with Crippen molar-refractivity contribution in [3.05, 3.63) is 35.9 Å². The Kier molecular flexibility index (Phi) is 4.14. The van der Waals surface area contributed by atoms with Gasteiger partial charge >= 0.3 is 81.4 Å². The molecule has 0 aliphatic carbocycles. The van der Waals surface area contributed by atoms with Crippen LogP contribution in [0.1, 0.15) is 11.6 Å². The first-order valence-corrected chi connectivity index (χ1v) is 4.67. The van der Waals surface area contributed by atoms with Gasteiger partial charge in [0, 0.05) is 0 Å². The molecule has 0 aromatic heterocycles. The van der Waals surface area contributed by atoms with Gasteiger partial charge in [-0.1, -0.05) is 0 Å². The molecule has 0 amide bonds. The summed E-state index contributed by atoms with van der Waals surface area (Å²) >= 11 is 0. The fourth-order valence-corrected chi connectivity index (χ4v) is 1.21. The Hall–Kier alpha value is -1.34. The summed E-state index contributed by atoms with van der Waals surface area (Å²) in [5, 5.41) is 11.3.